The number of nitrogens with two attached hydrogens (primary N) is 1. The van der Waals surface area contributed by atoms with Crippen LogP contribution in [0.15, 0.2) is 0 Å². The number of aromatic nitrogens is 1. The maximum absolute atomic E-state index is 6.63. The normalized spacial score (nSPS) is 34.0. The first-order valence-electron chi connectivity index (χ1n) is 6.48. The van der Waals surface area contributed by atoms with Gasteiger partial charge >= 0.3 is 0 Å². The van der Waals surface area contributed by atoms with E-state index in [-0.39, 0.29) is 5.54 Å². The Hall–Kier alpha value is -0.410. The van der Waals surface area contributed by atoms with Crippen LogP contribution in [0.3, 0.4) is 0 Å². The summed E-state index contributed by atoms with van der Waals surface area (Å²) in [5.74, 6) is 0.590. The second-order valence-electron chi connectivity index (χ2n) is 5.43. The summed E-state index contributed by atoms with van der Waals surface area (Å²) in [5.41, 5.74) is 7.86. The molecule has 88 valence electrons. The summed E-state index contributed by atoms with van der Waals surface area (Å²) in [6.45, 7) is 2.30. The maximum atomic E-state index is 6.63. The second-order valence-corrected chi connectivity index (χ2v) is 6.51. The Morgan fingerprint density at radius 3 is 2.94 bits per heavy atom. The SMILES string of the molecule is CC1CCCCC1(N)c1nc2c(s1)CCC2. The molecule has 0 aliphatic heterocycles. The molecule has 1 fully saturated rings. The van der Waals surface area contributed by atoms with Gasteiger partial charge in [-0.3, -0.25) is 0 Å². The zero-order valence-corrected chi connectivity index (χ0v) is 10.8. The molecule has 0 amide bonds. The van der Waals surface area contributed by atoms with E-state index in [1.807, 2.05) is 11.3 Å². The average Bonchev–Trinajstić information content (AvgIpc) is 2.82. The fraction of sp³-hybridized carbons (Fsp3) is 0.769. The molecule has 0 bridgehead atoms. The standard InChI is InChI=1S/C13H20N2S/c1-9-5-2-3-8-13(9,14)12-15-10-6-4-7-11(10)16-12/h9H,2-8,14H2,1H3. The van der Waals surface area contributed by atoms with Crippen molar-refractivity contribution < 1.29 is 0 Å². The summed E-state index contributed by atoms with van der Waals surface area (Å²) in [7, 11) is 0. The van der Waals surface area contributed by atoms with Gasteiger partial charge in [0, 0.05) is 4.88 Å². The molecule has 2 aliphatic rings. The molecule has 0 saturated heterocycles. The zero-order chi connectivity index (χ0) is 11.2. The summed E-state index contributed by atoms with van der Waals surface area (Å²) < 4.78 is 0. The number of hydrogen-bond donors (Lipinski definition) is 1. The minimum absolute atomic E-state index is 0.118. The lowest BCUT2D eigenvalue weighted by Gasteiger charge is -2.37. The lowest BCUT2D eigenvalue weighted by Crippen LogP contribution is -2.45. The van der Waals surface area contributed by atoms with Crippen molar-refractivity contribution >= 4 is 11.3 Å². The molecular weight excluding hydrogens is 216 g/mol. The molecule has 2 aliphatic carbocycles. The molecule has 3 rings (SSSR count). The van der Waals surface area contributed by atoms with Gasteiger partial charge in [0.05, 0.1) is 11.2 Å². The first kappa shape index (κ1) is 10.7. The van der Waals surface area contributed by atoms with E-state index in [2.05, 4.69) is 6.92 Å². The van der Waals surface area contributed by atoms with Crippen molar-refractivity contribution in [3.63, 3.8) is 0 Å². The topological polar surface area (TPSA) is 38.9 Å². The van der Waals surface area contributed by atoms with Crippen LogP contribution < -0.4 is 5.73 Å². The summed E-state index contributed by atoms with van der Waals surface area (Å²) in [4.78, 5) is 6.34. The van der Waals surface area contributed by atoms with Crippen LogP contribution in [0.5, 0.6) is 0 Å². The number of rotatable bonds is 1. The highest BCUT2D eigenvalue weighted by molar-refractivity contribution is 7.12. The fourth-order valence-electron chi connectivity index (χ4n) is 3.08. The quantitative estimate of drug-likeness (QED) is 0.814. The smallest absolute Gasteiger partial charge is 0.113 e. The van der Waals surface area contributed by atoms with Gasteiger partial charge in [0.25, 0.3) is 0 Å². The molecule has 2 N–H and O–H groups in total. The molecule has 2 nitrogen and oxygen atoms in total. The summed E-state index contributed by atoms with van der Waals surface area (Å²) in [5, 5.41) is 1.23. The molecule has 0 radical (unpaired) electrons. The van der Waals surface area contributed by atoms with Gasteiger partial charge in [0.2, 0.25) is 0 Å². The van der Waals surface area contributed by atoms with E-state index in [1.54, 1.807) is 0 Å². The third-order valence-electron chi connectivity index (χ3n) is 4.35. The fourth-order valence-corrected chi connectivity index (χ4v) is 4.47. The molecule has 1 heterocycles. The first-order valence-corrected chi connectivity index (χ1v) is 7.30. The third-order valence-corrected chi connectivity index (χ3v) is 5.70. The summed E-state index contributed by atoms with van der Waals surface area (Å²) >= 11 is 1.89. The van der Waals surface area contributed by atoms with E-state index >= 15 is 0 Å². The minimum Gasteiger partial charge on any atom is -0.319 e. The Bertz CT molecular complexity index is 377. The van der Waals surface area contributed by atoms with Crippen LogP contribution >= 0.6 is 11.3 Å². The number of thiazole rings is 1. The summed E-state index contributed by atoms with van der Waals surface area (Å²) in [6, 6.07) is 0. The van der Waals surface area contributed by atoms with Gasteiger partial charge in [-0.25, -0.2) is 4.98 Å². The van der Waals surface area contributed by atoms with Gasteiger partial charge in [0.1, 0.15) is 5.01 Å². The summed E-state index contributed by atoms with van der Waals surface area (Å²) in [6.07, 6.45) is 8.70. The van der Waals surface area contributed by atoms with E-state index < -0.39 is 0 Å². The third kappa shape index (κ3) is 1.52. The molecule has 1 aromatic rings. The molecule has 0 spiro atoms. The highest BCUT2D eigenvalue weighted by Crippen LogP contribution is 2.42. The van der Waals surface area contributed by atoms with Gasteiger partial charge < -0.3 is 5.73 Å². The molecule has 2 unspecified atom stereocenters. The Morgan fingerprint density at radius 1 is 1.31 bits per heavy atom. The Morgan fingerprint density at radius 2 is 2.19 bits per heavy atom. The molecule has 16 heavy (non-hydrogen) atoms. The number of fused-ring (bicyclic) bond motifs is 1. The molecule has 2 atom stereocenters. The van der Waals surface area contributed by atoms with Crippen LogP contribution in [-0.2, 0) is 18.4 Å². The Kier molecular flexibility index (Phi) is 2.55. The van der Waals surface area contributed by atoms with Crippen molar-refractivity contribution in [3.8, 4) is 0 Å². The lowest BCUT2D eigenvalue weighted by atomic mass is 9.75. The van der Waals surface area contributed by atoms with Crippen molar-refractivity contribution in [1.82, 2.24) is 4.98 Å². The Balaban J connectivity index is 1.94. The van der Waals surface area contributed by atoms with Crippen molar-refractivity contribution in [2.45, 2.75) is 57.4 Å². The number of aryl methyl sites for hydroxylation is 2. The predicted molar refractivity (Wildman–Crippen MR) is 67.6 cm³/mol. The molecule has 1 saturated carbocycles. The van der Waals surface area contributed by atoms with Crippen molar-refractivity contribution in [3.05, 3.63) is 15.6 Å². The molecular formula is C13H20N2S. The maximum Gasteiger partial charge on any atom is 0.113 e. The van der Waals surface area contributed by atoms with Gasteiger partial charge in [0.15, 0.2) is 0 Å². The van der Waals surface area contributed by atoms with Crippen molar-refractivity contribution in [1.29, 1.82) is 0 Å². The molecule has 1 aromatic heterocycles. The largest absolute Gasteiger partial charge is 0.319 e. The van der Waals surface area contributed by atoms with Crippen molar-refractivity contribution in [2.24, 2.45) is 11.7 Å². The first-order chi connectivity index (χ1) is 7.70. The van der Waals surface area contributed by atoms with E-state index in [4.69, 9.17) is 10.7 Å². The monoisotopic (exact) mass is 236 g/mol. The second kappa shape index (κ2) is 3.81. The number of hydrogen-bond acceptors (Lipinski definition) is 3. The Labute approximate surface area is 101 Å². The zero-order valence-electron chi connectivity index (χ0n) is 9.96. The molecule has 3 heteroatoms. The van der Waals surface area contributed by atoms with E-state index in [0.717, 1.165) is 6.42 Å². The van der Waals surface area contributed by atoms with Gasteiger partial charge in [-0.2, -0.15) is 0 Å². The lowest BCUT2D eigenvalue weighted by molar-refractivity contribution is 0.206. The van der Waals surface area contributed by atoms with Gasteiger partial charge in [-0.05, 0) is 38.0 Å². The van der Waals surface area contributed by atoms with Gasteiger partial charge in [-0.1, -0.05) is 19.8 Å². The van der Waals surface area contributed by atoms with E-state index in [0.29, 0.717) is 5.92 Å². The van der Waals surface area contributed by atoms with Crippen LogP contribution in [0.4, 0.5) is 0 Å². The van der Waals surface area contributed by atoms with Crippen LogP contribution in [0.25, 0.3) is 0 Å². The van der Waals surface area contributed by atoms with Crippen molar-refractivity contribution in [2.75, 3.05) is 0 Å². The van der Waals surface area contributed by atoms with Crippen LogP contribution in [0, 0.1) is 5.92 Å². The predicted octanol–water partition coefficient (Wildman–Crippen LogP) is 3.00. The number of nitrogens with zero attached hydrogens (tertiary/aromatic N) is 1. The molecule has 0 aromatic carbocycles. The van der Waals surface area contributed by atoms with Gasteiger partial charge in [-0.15, -0.1) is 11.3 Å². The van der Waals surface area contributed by atoms with Crippen LogP contribution in [-0.4, -0.2) is 4.98 Å². The van der Waals surface area contributed by atoms with E-state index in [1.165, 1.54) is 54.1 Å². The highest BCUT2D eigenvalue weighted by atomic mass is 32.1. The van der Waals surface area contributed by atoms with Crippen LogP contribution in [0.2, 0.25) is 0 Å². The highest BCUT2D eigenvalue weighted by Gasteiger charge is 2.39. The minimum atomic E-state index is -0.118. The average molecular weight is 236 g/mol. The van der Waals surface area contributed by atoms with Crippen LogP contribution in [0.1, 0.15) is 54.6 Å². The van der Waals surface area contributed by atoms with E-state index in [9.17, 15) is 0 Å².